The topological polar surface area (TPSA) is 58.2 Å². The van der Waals surface area contributed by atoms with Crippen LogP contribution in [0.3, 0.4) is 0 Å². The Morgan fingerprint density at radius 2 is 1.87 bits per heavy atom. The quantitative estimate of drug-likeness (QED) is 0.642. The first kappa shape index (κ1) is 12.9. The predicted octanol–water partition coefficient (Wildman–Crippen LogP) is 0.848. The number of rotatable bonds is 7. The van der Waals surface area contributed by atoms with Crippen molar-refractivity contribution in [3.63, 3.8) is 0 Å². The van der Waals surface area contributed by atoms with E-state index < -0.39 is 10.0 Å². The van der Waals surface area contributed by atoms with Gasteiger partial charge in [-0.25, -0.2) is 13.1 Å². The first-order valence-corrected chi connectivity index (χ1v) is 7.44. The molecule has 0 bridgehead atoms. The molecular formula is C10H22N2O2S. The summed E-state index contributed by atoms with van der Waals surface area (Å²) in [5.74, 6) is 0.269. The average molecular weight is 234 g/mol. The van der Waals surface area contributed by atoms with Crippen molar-refractivity contribution in [3.05, 3.63) is 0 Å². The Labute approximate surface area is 92.9 Å². The van der Waals surface area contributed by atoms with Gasteiger partial charge in [0.2, 0.25) is 10.0 Å². The fraction of sp³-hybridized carbons (Fsp3) is 1.00. The van der Waals surface area contributed by atoms with E-state index in [1.165, 1.54) is 0 Å². The molecule has 5 heteroatoms. The van der Waals surface area contributed by atoms with Crippen LogP contribution in [-0.2, 0) is 10.0 Å². The zero-order valence-corrected chi connectivity index (χ0v) is 10.3. The van der Waals surface area contributed by atoms with E-state index in [1.807, 2.05) is 7.05 Å². The van der Waals surface area contributed by atoms with Crippen molar-refractivity contribution in [2.45, 2.75) is 44.6 Å². The lowest BCUT2D eigenvalue weighted by atomic mass is 10.3. The smallest absolute Gasteiger partial charge is 0.211 e. The molecule has 1 rings (SSSR count). The lowest BCUT2D eigenvalue weighted by molar-refractivity contribution is 0.548. The van der Waals surface area contributed by atoms with Gasteiger partial charge in [-0.05, 0) is 39.3 Å². The number of hydrogen-bond donors (Lipinski definition) is 2. The van der Waals surface area contributed by atoms with Crippen LogP contribution in [0.5, 0.6) is 0 Å². The first-order valence-electron chi connectivity index (χ1n) is 5.78. The van der Waals surface area contributed by atoms with Crippen LogP contribution in [-0.4, -0.2) is 33.8 Å². The van der Waals surface area contributed by atoms with Crippen molar-refractivity contribution in [2.75, 3.05) is 19.3 Å². The summed E-state index contributed by atoms with van der Waals surface area (Å²) in [6.07, 6.45) is 6.00. The lowest BCUT2D eigenvalue weighted by Crippen LogP contribution is -2.34. The van der Waals surface area contributed by atoms with Crippen molar-refractivity contribution in [1.82, 2.24) is 10.0 Å². The van der Waals surface area contributed by atoms with E-state index in [9.17, 15) is 8.42 Å². The summed E-state index contributed by atoms with van der Waals surface area (Å²) in [6, 6.07) is 0.208. The van der Waals surface area contributed by atoms with Gasteiger partial charge in [-0.1, -0.05) is 12.8 Å². The standard InChI is InChI=1S/C10H22N2O2S/c1-11-8-4-5-9-15(13,14)12-10-6-2-3-7-10/h10-12H,2-9H2,1H3. The number of hydrogen-bond acceptors (Lipinski definition) is 3. The van der Waals surface area contributed by atoms with Gasteiger partial charge in [0, 0.05) is 6.04 Å². The van der Waals surface area contributed by atoms with Crippen molar-refractivity contribution in [1.29, 1.82) is 0 Å². The molecule has 1 aliphatic carbocycles. The molecule has 0 spiro atoms. The van der Waals surface area contributed by atoms with Crippen LogP contribution >= 0.6 is 0 Å². The highest BCUT2D eigenvalue weighted by molar-refractivity contribution is 7.89. The molecule has 0 aromatic heterocycles. The molecule has 2 N–H and O–H groups in total. The zero-order valence-electron chi connectivity index (χ0n) is 9.46. The molecule has 0 unspecified atom stereocenters. The molecule has 90 valence electrons. The van der Waals surface area contributed by atoms with E-state index >= 15 is 0 Å². The average Bonchev–Trinajstić information content (AvgIpc) is 2.64. The van der Waals surface area contributed by atoms with Gasteiger partial charge in [0.15, 0.2) is 0 Å². The molecule has 0 radical (unpaired) electrons. The molecule has 4 nitrogen and oxygen atoms in total. The number of unbranched alkanes of at least 4 members (excludes halogenated alkanes) is 1. The first-order chi connectivity index (χ1) is 7.14. The minimum Gasteiger partial charge on any atom is -0.320 e. The summed E-state index contributed by atoms with van der Waals surface area (Å²) >= 11 is 0. The molecule has 0 saturated heterocycles. The molecule has 0 heterocycles. The SMILES string of the molecule is CNCCCCS(=O)(=O)NC1CCCC1. The van der Waals surface area contributed by atoms with Crippen LogP contribution in [0.4, 0.5) is 0 Å². The Bertz CT molecular complexity index is 259. The van der Waals surface area contributed by atoms with Crippen LogP contribution in [0, 0.1) is 0 Å². The molecule has 0 aliphatic heterocycles. The van der Waals surface area contributed by atoms with Crippen molar-refractivity contribution < 1.29 is 8.42 Å². The molecule has 1 aliphatic rings. The Morgan fingerprint density at radius 3 is 2.47 bits per heavy atom. The summed E-state index contributed by atoms with van der Waals surface area (Å²) in [5.41, 5.74) is 0. The Morgan fingerprint density at radius 1 is 1.20 bits per heavy atom. The van der Waals surface area contributed by atoms with Crippen molar-refractivity contribution in [2.24, 2.45) is 0 Å². The van der Waals surface area contributed by atoms with Crippen LogP contribution in [0.25, 0.3) is 0 Å². The molecule has 1 fully saturated rings. The van der Waals surface area contributed by atoms with Crippen LogP contribution in [0.1, 0.15) is 38.5 Å². The van der Waals surface area contributed by atoms with Gasteiger partial charge in [0.25, 0.3) is 0 Å². The van der Waals surface area contributed by atoms with Gasteiger partial charge in [-0.15, -0.1) is 0 Å². The molecule has 15 heavy (non-hydrogen) atoms. The van der Waals surface area contributed by atoms with E-state index in [4.69, 9.17) is 0 Å². The van der Waals surface area contributed by atoms with Gasteiger partial charge in [0.1, 0.15) is 0 Å². The monoisotopic (exact) mass is 234 g/mol. The number of sulfonamides is 1. The fourth-order valence-corrected chi connectivity index (χ4v) is 3.40. The van der Waals surface area contributed by atoms with Gasteiger partial charge >= 0.3 is 0 Å². The zero-order chi connectivity index (χ0) is 11.1. The second-order valence-corrected chi connectivity index (χ2v) is 6.10. The van der Waals surface area contributed by atoms with Crippen LogP contribution < -0.4 is 10.0 Å². The van der Waals surface area contributed by atoms with Gasteiger partial charge in [-0.3, -0.25) is 0 Å². The van der Waals surface area contributed by atoms with E-state index in [-0.39, 0.29) is 11.8 Å². The van der Waals surface area contributed by atoms with E-state index in [2.05, 4.69) is 10.0 Å². The second-order valence-electron chi connectivity index (χ2n) is 4.23. The Kier molecular flexibility index (Phi) is 5.56. The molecule has 0 aromatic rings. The highest BCUT2D eigenvalue weighted by Crippen LogP contribution is 2.18. The summed E-state index contributed by atoms with van der Waals surface area (Å²) in [7, 11) is -1.14. The normalized spacial score (nSPS) is 18.5. The highest BCUT2D eigenvalue weighted by Gasteiger charge is 2.20. The van der Waals surface area contributed by atoms with E-state index in [0.717, 1.165) is 45.1 Å². The molecule has 0 amide bonds. The minimum absolute atomic E-state index is 0.208. The van der Waals surface area contributed by atoms with Gasteiger partial charge in [0.05, 0.1) is 5.75 Å². The minimum atomic E-state index is -3.02. The van der Waals surface area contributed by atoms with Gasteiger partial charge in [-0.2, -0.15) is 0 Å². The summed E-state index contributed by atoms with van der Waals surface area (Å²) < 4.78 is 26.0. The Hall–Kier alpha value is -0.130. The van der Waals surface area contributed by atoms with Crippen molar-refractivity contribution >= 4 is 10.0 Å². The lowest BCUT2D eigenvalue weighted by Gasteiger charge is -2.12. The Balaban J connectivity index is 2.19. The molecule has 0 aromatic carbocycles. The maximum atomic E-state index is 11.6. The highest BCUT2D eigenvalue weighted by atomic mass is 32.2. The third-order valence-corrected chi connectivity index (χ3v) is 4.31. The largest absolute Gasteiger partial charge is 0.320 e. The van der Waals surface area contributed by atoms with Crippen LogP contribution in [0.2, 0.25) is 0 Å². The van der Waals surface area contributed by atoms with Gasteiger partial charge < -0.3 is 5.32 Å². The maximum Gasteiger partial charge on any atom is 0.211 e. The summed E-state index contributed by atoms with van der Waals surface area (Å²) in [6.45, 7) is 0.888. The van der Waals surface area contributed by atoms with E-state index in [1.54, 1.807) is 0 Å². The third-order valence-electron chi connectivity index (χ3n) is 2.79. The van der Waals surface area contributed by atoms with Crippen molar-refractivity contribution in [3.8, 4) is 0 Å². The summed E-state index contributed by atoms with van der Waals surface area (Å²) in [4.78, 5) is 0. The molecular weight excluding hydrogens is 212 g/mol. The second kappa shape index (κ2) is 6.45. The summed E-state index contributed by atoms with van der Waals surface area (Å²) in [5, 5.41) is 3.01. The molecule has 0 atom stereocenters. The number of nitrogens with one attached hydrogen (secondary N) is 2. The maximum absolute atomic E-state index is 11.6. The van der Waals surface area contributed by atoms with Crippen LogP contribution in [0.15, 0.2) is 0 Å². The third kappa shape index (κ3) is 5.49. The van der Waals surface area contributed by atoms with E-state index in [0.29, 0.717) is 0 Å². The fourth-order valence-electron chi connectivity index (χ4n) is 1.95. The molecule has 1 saturated carbocycles. The predicted molar refractivity (Wildman–Crippen MR) is 62.3 cm³/mol.